The number of amides is 1. The number of nitrogens with two attached hydrogens (primary N) is 1. The lowest BCUT2D eigenvalue weighted by Crippen LogP contribution is -2.14. The molecular formula is C13H18Cl2N2O. The fourth-order valence-corrected chi connectivity index (χ4v) is 2.07. The molecule has 0 aromatic heterocycles. The van der Waals surface area contributed by atoms with Crippen LogP contribution in [-0.4, -0.2) is 12.5 Å². The minimum Gasteiger partial charge on any atom is -0.330 e. The molecule has 18 heavy (non-hydrogen) atoms. The standard InChI is InChI=1S/C13H18Cl2N2O/c1-9(6-7-16)2-5-13(18)17-12-4-3-10(14)8-11(12)15/h3-4,8-9H,2,5-7,16H2,1H3,(H,17,18). The second-order valence-electron chi connectivity index (χ2n) is 4.39. The first-order valence-electron chi connectivity index (χ1n) is 5.98. The van der Waals surface area contributed by atoms with E-state index in [1.54, 1.807) is 18.2 Å². The van der Waals surface area contributed by atoms with Crippen LogP contribution in [0.4, 0.5) is 5.69 Å². The topological polar surface area (TPSA) is 55.1 Å². The number of carbonyl (C=O) groups is 1. The molecule has 1 unspecified atom stereocenters. The molecule has 0 aliphatic rings. The summed E-state index contributed by atoms with van der Waals surface area (Å²) >= 11 is 11.8. The zero-order chi connectivity index (χ0) is 13.5. The Labute approximate surface area is 118 Å². The number of benzene rings is 1. The molecule has 0 heterocycles. The number of halogens is 2. The van der Waals surface area contributed by atoms with Crippen molar-refractivity contribution in [2.45, 2.75) is 26.2 Å². The summed E-state index contributed by atoms with van der Waals surface area (Å²) in [6.07, 6.45) is 2.24. The highest BCUT2D eigenvalue weighted by Crippen LogP contribution is 2.25. The van der Waals surface area contributed by atoms with Gasteiger partial charge in [-0.15, -0.1) is 0 Å². The Morgan fingerprint density at radius 1 is 1.39 bits per heavy atom. The molecule has 3 N–H and O–H groups in total. The van der Waals surface area contributed by atoms with Crippen LogP contribution < -0.4 is 11.1 Å². The molecular weight excluding hydrogens is 271 g/mol. The van der Waals surface area contributed by atoms with Gasteiger partial charge in [0.05, 0.1) is 10.7 Å². The van der Waals surface area contributed by atoms with E-state index in [0.29, 0.717) is 34.6 Å². The van der Waals surface area contributed by atoms with Crippen LogP contribution in [0.3, 0.4) is 0 Å². The van der Waals surface area contributed by atoms with Gasteiger partial charge in [-0.05, 0) is 43.5 Å². The lowest BCUT2D eigenvalue weighted by atomic mass is 10.0. The highest BCUT2D eigenvalue weighted by molar-refractivity contribution is 6.36. The molecule has 0 spiro atoms. The zero-order valence-electron chi connectivity index (χ0n) is 10.4. The average molecular weight is 289 g/mol. The van der Waals surface area contributed by atoms with E-state index in [9.17, 15) is 4.79 Å². The van der Waals surface area contributed by atoms with Gasteiger partial charge in [0, 0.05) is 11.4 Å². The van der Waals surface area contributed by atoms with Gasteiger partial charge in [-0.3, -0.25) is 4.79 Å². The molecule has 3 nitrogen and oxygen atoms in total. The van der Waals surface area contributed by atoms with Crippen molar-refractivity contribution in [2.24, 2.45) is 11.7 Å². The van der Waals surface area contributed by atoms with Crippen LogP contribution in [0.5, 0.6) is 0 Å². The van der Waals surface area contributed by atoms with Crippen LogP contribution in [0.15, 0.2) is 18.2 Å². The summed E-state index contributed by atoms with van der Waals surface area (Å²) in [6, 6.07) is 5.00. The Kier molecular flexibility index (Phi) is 6.47. The van der Waals surface area contributed by atoms with Crippen molar-refractivity contribution in [2.75, 3.05) is 11.9 Å². The summed E-state index contributed by atoms with van der Waals surface area (Å²) in [5.74, 6) is 0.421. The van der Waals surface area contributed by atoms with Gasteiger partial charge in [0.1, 0.15) is 0 Å². The maximum atomic E-state index is 11.7. The second-order valence-corrected chi connectivity index (χ2v) is 5.24. The molecule has 0 fully saturated rings. The molecule has 0 aliphatic carbocycles. The van der Waals surface area contributed by atoms with Gasteiger partial charge in [-0.2, -0.15) is 0 Å². The van der Waals surface area contributed by atoms with Crippen molar-refractivity contribution in [3.8, 4) is 0 Å². The largest absolute Gasteiger partial charge is 0.330 e. The van der Waals surface area contributed by atoms with E-state index in [2.05, 4.69) is 12.2 Å². The van der Waals surface area contributed by atoms with Gasteiger partial charge in [0.25, 0.3) is 0 Å². The molecule has 1 amide bonds. The monoisotopic (exact) mass is 288 g/mol. The molecule has 1 rings (SSSR count). The Morgan fingerprint density at radius 2 is 2.11 bits per heavy atom. The maximum Gasteiger partial charge on any atom is 0.224 e. The summed E-state index contributed by atoms with van der Waals surface area (Å²) in [7, 11) is 0. The summed E-state index contributed by atoms with van der Waals surface area (Å²) in [5, 5.41) is 3.77. The van der Waals surface area contributed by atoms with Crippen LogP contribution in [0.25, 0.3) is 0 Å². The maximum absolute atomic E-state index is 11.7. The van der Waals surface area contributed by atoms with Crippen LogP contribution in [0.2, 0.25) is 10.0 Å². The first kappa shape index (κ1) is 15.3. The normalized spacial score (nSPS) is 12.2. The third-order valence-electron chi connectivity index (χ3n) is 2.73. The van der Waals surface area contributed by atoms with Crippen molar-refractivity contribution in [3.05, 3.63) is 28.2 Å². The number of anilines is 1. The highest BCUT2D eigenvalue weighted by Gasteiger charge is 2.08. The molecule has 0 radical (unpaired) electrons. The minimum absolute atomic E-state index is 0.0388. The first-order valence-corrected chi connectivity index (χ1v) is 6.73. The molecule has 0 aliphatic heterocycles. The molecule has 100 valence electrons. The quantitative estimate of drug-likeness (QED) is 0.839. The van der Waals surface area contributed by atoms with Gasteiger partial charge < -0.3 is 11.1 Å². The van der Waals surface area contributed by atoms with Crippen LogP contribution >= 0.6 is 23.2 Å². The molecule has 1 atom stereocenters. The average Bonchev–Trinajstić information content (AvgIpc) is 2.31. The van der Waals surface area contributed by atoms with E-state index >= 15 is 0 Å². The number of hydrogen-bond acceptors (Lipinski definition) is 2. The smallest absolute Gasteiger partial charge is 0.224 e. The van der Waals surface area contributed by atoms with Crippen LogP contribution in [0.1, 0.15) is 26.2 Å². The lowest BCUT2D eigenvalue weighted by molar-refractivity contribution is -0.116. The Balaban J connectivity index is 2.44. The van der Waals surface area contributed by atoms with Gasteiger partial charge in [0.2, 0.25) is 5.91 Å². The molecule has 5 heteroatoms. The number of carbonyl (C=O) groups excluding carboxylic acids is 1. The lowest BCUT2D eigenvalue weighted by Gasteiger charge is -2.10. The second kappa shape index (κ2) is 7.62. The fourth-order valence-electron chi connectivity index (χ4n) is 1.61. The Morgan fingerprint density at radius 3 is 2.72 bits per heavy atom. The van der Waals surface area contributed by atoms with Crippen molar-refractivity contribution in [3.63, 3.8) is 0 Å². The van der Waals surface area contributed by atoms with Crippen LogP contribution in [-0.2, 0) is 4.79 Å². The molecule has 0 bridgehead atoms. The minimum atomic E-state index is -0.0388. The number of rotatable bonds is 6. The Bertz CT molecular complexity index is 410. The molecule has 0 saturated carbocycles. The summed E-state index contributed by atoms with van der Waals surface area (Å²) in [4.78, 5) is 11.7. The molecule has 1 aromatic carbocycles. The summed E-state index contributed by atoms with van der Waals surface area (Å²) in [5.41, 5.74) is 6.06. The fraction of sp³-hybridized carbons (Fsp3) is 0.462. The number of nitrogens with one attached hydrogen (secondary N) is 1. The van der Waals surface area contributed by atoms with E-state index in [1.165, 1.54) is 0 Å². The summed E-state index contributed by atoms with van der Waals surface area (Å²) in [6.45, 7) is 2.75. The third kappa shape index (κ3) is 5.25. The molecule has 1 aromatic rings. The van der Waals surface area contributed by atoms with E-state index in [4.69, 9.17) is 28.9 Å². The van der Waals surface area contributed by atoms with Crippen molar-refractivity contribution in [1.29, 1.82) is 0 Å². The van der Waals surface area contributed by atoms with Gasteiger partial charge in [-0.25, -0.2) is 0 Å². The highest BCUT2D eigenvalue weighted by atomic mass is 35.5. The SMILES string of the molecule is CC(CCN)CCC(=O)Nc1ccc(Cl)cc1Cl. The van der Waals surface area contributed by atoms with Gasteiger partial charge in [0.15, 0.2) is 0 Å². The molecule has 0 saturated heterocycles. The van der Waals surface area contributed by atoms with E-state index in [-0.39, 0.29) is 5.91 Å². The zero-order valence-corrected chi connectivity index (χ0v) is 11.9. The predicted octanol–water partition coefficient (Wildman–Crippen LogP) is 3.70. The van der Waals surface area contributed by atoms with Crippen LogP contribution in [0, 0.1) is 5.92 Å². The van der Waals surface area contributed by atoms with Crippen molar-refractivity contribution >= 4 is 34.8 Å². The van der Waals surface area contributed by atoms with Crippen molar-refractivity contribution < 1.29 is 4.79 Å². The summed E-state index contributed by atoms with van der Waals surface area (Å²) < 4.78 is 0. The Hall–Kier alpha value is -0.770. The van der Waals surface area contributed by atoms with Gasteiger partial charge >= 0.3 is 0 Å². The van der Waals surface area contributed by atoms with E-state index < -0.39 is 0 Å². The predicted molar refractivity (Wildman–Crippen MR) is 77.2 cm³/mol. The van der Waals surface area contributed by atoms with E-state index in [1.807, 2.05) is 0 Å². The van der Waals surface area contributed by atoms with E-state index in [0.717, 1.165) is 12.8 Å². The first-order chi connectivity index (χ1) is 8.52. The number of hydrogen-bond donors (Lipinski definition) is 2. The van der Waals surface area contributed by atoms with Crippen molar-refractivity contribution in [1.82, 2.24) is 0 Å². The van der Waals surface area contributed by atoms with Gasteiger partial charge in [-0.1, -0.05) is 30.1 Å². The third-order valence-corrected chi connectivity index (χ3v) is 3.28.